The van der Waals surface area contributed by atoms with Crippen molar-refractivity contribution in [2.24, 2.45) is 5.92 Å². The molecule has 0 saturated carbocycles. The van der Waals surface area contributed by atoms with E-state index in [1.807, 2.05) is 40.7 Å². The number of benzene rings is 1. The zero-order valence-corrected chi connectivity index (χ0v) is 15.6. The Morgan fingerprint density at radius 3 is 2.45 bits per heavy atom. The molecule has 1 atom stereocenters. The lowest BCUT2D eigenvalue weighted by molar-refractivity contribution is 0.187. The third-order valence-corrected chi connectivity index (χ3v) is 3.51. The van der Waals surface area contributed by atoms with Gasteiger partial charge in [-0.15, -0.1) is 0 Å². The average Bonchev–Trinajstić information content (AvgIpc) is 3.01. The van der Waals surface area contributed by atoms with Gasteiger partial charge in [0, 0.05) is 36.0 Å². The molecular formula is C18H31ClN2O. The van der Waals surface area contributed by atoms with Gasteiger partial charge in [0.05, 0.1) is 11.6 Å². The van der Waals surface area contributed by atoms with Gasteiger partial charge in [-0.1, -0.05) is 39.3 Å². The summed E-state index contributed by atoms with van der Waals surface area (Å²) in [5, 5.41) is 11.9. The Labute approximate surface area is 140 Å². The van der Waals surface area contributed by atoms with Gasteiger partial charge in [-0.3, -0.25) is 0 Å². The Morgan fingerprint density at radius 2 is 1.95 bits per heavy atom. The van der Waals surface area contributed by atoms with Gasteiger partial charge in [-0.05, 0) is 38.0 Å². The van der Waals surface area contributed by atoms with Crippen LogP contribution in [0.25, 0.3) is 0 Å². The van der Waals surface area contributed by atoms with E-state index in [9.17, 15) is 0 Å². The van der Waals surface area contributed by atoms with Crippen LogP contribution >= 0.6 is 11.6 Å². The van der Waals surface area contributed by atoms with Crippen LogP contribution < -0.4 is 5.32 Å². The van der Waals surface area contributed by atoms with E-state index in [-0.39, 0.29) is 0 Å². The molecule has 1 saturated heterocycles. The summed E-state index contributed by atoms with van der Waals surface area (Å²) < 4.78 is 5.36. The number of halogens is 1. The number of hydrogen-bond acceptors (Lipinski definition) is 3. The molecule has 1 heterocycles. The Kier molecular flexibility index (Phi) is 10.9. The van der Waals surface area contributed by atoms with Crippen molar-refractivity contribution in [2.75, 3.05) is 25.1 Å². The normalized spacial score (nSPS) is 16.0. The lowest BCUT2D eigenvalue weighted by Crippen LogP contribution is -2.16. The molecule has 3 nitrogen and oxygen atoms in total. The predicted octanol–water partition coefficient (Wildman–Crippen LogP) is 5.54. The summed E-state index contributed by atoms with van der Waals surface area (Å²) in [6.07, 6.45) is 1.10. The lowest BCUT2D eigenvalue weighted by Gasteiger charge is -2.16. The maximum Gasteiger partial charge on any atom is 0.0519 e. The van der Waals surface area contributed by atoms with E-state index in [1.54, 1.807) is 6.92 Å². The molecule has 0 aliphatic carbocycles. The van der Waals surface area contributed by atoms with Crippen molar-refractivity contribution in [1.82, 2.24) is 0 Å². The molecule has 0 aromatic heterocycles. The van der Waals surface area contributed by atoms with Crippen LogP contribution in [0.4, 0.5) is 5.69 Å². The molecule has 1 aromatic rings. The van der Waals surface area contributed by atoms with Crippen LogP contribution in [0.5, 0.6) is 0 Å². The van der Waals surface area contributed by atoms with Gasteiger partial charge in [-0.25, -0.2) is 0 Å². The monoisotopic (exact) mass is 326 g/mol. The summed E-state index contributed by atoms with van der Waals surface area (Å²) in [7, 11) is 0. The van der Waals surface area contributed by atoms with Gasteiger partial charge in [0.2, 0.25) is 0 Å². The SMILES string of the molecule is CC.CC.CC(=N)c1c(Cl)cc(C)cc1NCC1CCOC1. The van der Waals surface area contributed by atoms with E-state index in [0.29, 0.717) is 16.7 Å². The lowest BCUT2D eigenvalue weighted by atomic mass is 10.0. The number of hydrogen-bond donors (Lipinski definition) is 2. The van der Waals surface area contributed by atoms with Crippen LogP contribution in [0.1, 0.15) is 52.2 Å². The molecule has 1 aliphatic rings. The van der Waals surface area contributed by atoms with Crippen LogP contribution in [-0.4, -0.2) is 25.5 Å². The van der Waals surface area contributed by atoms with Crippen LogP contribution in [-0.2, 0) is 4.74 Å². The summed E-state index contributed by atoms with van der Waals surface area (Å²) in [6.45, 7) is 14.3. The fourth-order valence-corrected chi connectivity index (χ4v) is 2.68. The third-order valence-electron chi connectivity index (χ3n) is 3.21. The quantitative estimate of drug-likeness (QED) is 0.714. The molecule has 2 N–H and O–H groups in total. The summed E-state index contributed by atoms with van der Waals surface area (Å²) >= 11 is 6.22. The van der Waals surface area contributed by atoms with Crippen molar-refractivity contribution in [3.8, 4) is 0 Å². The van der Waals surface area contributed by atoms with Crippen LogP contribution in [0.2, 0.25) is 5.02 Å². The smallest absolute Gasteiger partial charge is 0.0519 e. The molecule has 1 aromatic carbocycles. The maximum absolute atomic E-state index is 7.83. The largest absolute Gasteiger partial charge is 0.384 e. The van der Waals surface area contributed by atoms with Crippen molar-refractivity contribution in [3.63, 3.8) is 0 Å². The van der Waals surface area contributed by atoms with E-state index < -0.39 is 0 Å². The van der Waals surface area contributed by atoms with Gasteiger partial charge in [-0.2, -0.15) is 0 Å². The summed E-state index contributed by atoms with van der Waals surface area (Å²) in [4.78, 5) is 0. The molecule has 126 valence electrons. The van der Waals surface area contributed by atoms with Crippen LogP contribution in [0.3, 0.4) is 0 Å². The van der Waals surface area contributed by atoms with Gasteiger partial charge >= 0.3 is 0 Å². The summed E-state index contributed by atoms with van der Waals surface area (Å²) in [5.41, 5.74) is 3.36. The molecule has 4 heteroatoms. The Hall–Kier alpha value is -1.06. The Balaban J connectivity index is 0.00000102. The van der Waals surface area contributed by atoms with E-state index in [0.717, 1.165) is 43.0 Å². The second kappa shape index (κ2) is 11.5. The topological polar surface area (TPSA) is 45.1 Å². The first-order chi connectivity index (χ1) is 10.6. The highest BCUT2D eigenvalue weighted by molar-refractivity contribution is 6.34. The molecule has 1 unspecified atom stereocenters. The van der Waals surface area contributed by atoms with Crippen molar-refractivity contribution >= 4 is 23.0 Å². The van der Waals surface area contributed by atoms with Crippen molar-refractivity contribution < 1.29 is 4.74 Å². The molecule has 0 spiro atoms. The summed E-state index contributed by atoms with van der Waals surface area (Å²) in [5.74, 6) is 0.558. The maximum atomic E-state index is 7.83. The molecular weight excluding hydrogens is 296 g/mol. The van der Waals surface area contributed by atoms with Crippen LogP contribution in [0.15, 0.2) is 12.1 Å². The standard InChI is InChI=1S/C14H19ClN2O.2C2H6/c1-9-5-12(15)14(10(2)16)13(6-9)17-7-11-3-4-18-8-11;2*1-2/h5-6,11,16-17H,3-4,7-8H2,1-2H3;2*1-2H3. The molecule has 2 rings (SSSR count). The minimum Gasteiger partial charge on any atom is -0.384 e. The van der Waals surface area contributed by atoms with Gasteiger partial charge in [0.25, 0.3) is 0 Å². The van der Waals surface area contributed by atoms with E-state index in [4.69, 9.17) is 21.7 Å². The second-order valence-electron chi connectivity index (χ2n) is 4.90. The van der Waals surface area contributed by atoms with Crippen molar-refractivity contribution in [3.05, 3.63) is 28.3 Å². The van der Waals surface area contributed by atoms with Crippen LogP contribution in [0, 0.1) is 18.3 Å². The summed E-state index contributed by atoms with van der Waals surface area (Å²) in [6, 6.07) is 3.95. The zero-order chi connectivity index (χ0) is 17.1. The van der Waals surface area contributed by atoms with Crippen molar-refractivity contribution in [1.29, 1.82) is 5.41 Å². The van der Waals surface area contributed by atoms with E-state index >= 15 is 0 Å². The number of anilines is 1. The Bertz CT molecular complexity index is 455. The van der Waals surface area contributed by atoms with E-state index in [2.05, 4.69) is 11.4 Å². The molecule has 1 fully saturated rings. The molecule has 22 heavy (non-hydrogen) atoms. The fourth-order valence-electron chi connectivity index (χ4n) is 2.26. The molecule has 1 aliphatic heterocycles. The number of ether oxygens (including phenoxy) is 1. The number of rotatable bonds is 4. The molecule has 0 radical (unpaired) electrons. The number of nitrogens with one attached hydrogen (secondary N) is 2. The first-order valence-electron chi connectivity index (χ1n) is 8.25. The highest BCUT2D eigenvalue weighted by Gasteiger charge is 2.17. The fraction of sp³-hybridized carbons (Fsp3) is 0.611. The zero-order valence-electron chi connectivity index (χ0n) is 14.8. The molecule has 0 bridgehead atoms. The first-order valence-corrected chi connectivity index (χ1v) is 8.63. The Morgan fingerprint density at radius 1 is 1.32 bits per heavy atom. The minimum absolute atomic E-state index is 0.491. The van der Waals surface area contributed by atoms with Crippen molar-refractivity contribution in [2.45, 2.75) is 48.0 Å². The highest BCUT2D eigenvalue weighted by Crippen LogP contribution is 2.27. The number of aryl methyl sites for hydroxylation is 1. The average molecular weight is 327 g/mol. The first kappa shape index (κ1) is 20.9. The van der Waals surface area contributed by atoms with Gasteiger partial charge < -0.3 is 15.5 Å². The molecule has 0 amide bonds. The predicted molar refractivity (Wildman–Crippen MR) is 98.8 cm³/mol. The minimum atomic E-state index is 0.491. The van der Waals surface area contributed by atoms with Gasteiger partial charge in [0.1, 0.15) is 0 Å². The third kappa shape index (κ3) is 6.37. The van der Waals surface area contributed by atoms with E-state index in [1.165, 1.54) is 0 Å². The second-order valence-corrected chi connectivity index (χ2v) is 5.31. The highest BCUT2D eigenvalue weighted by atomic mass is 35.5. The van der Waals surface area contributed by atoms with Gasteiger partial charge in [0.15, 0.2) is 0 Å².